The summed E-state index contributed by atoms with van der Waals surface area (Å²) >= 11 is 0. The summed E-state index contributed by atoms with van der Waals surface area (Å²) in [5.41, 5.74) is 0. The minimum absolute atomic E-state index is 0.324. The number of hydrogen-bond donors (Lipinski definition) is 1. The van der Waals surface area contributed by atoms with Gasteiger partial charge in [-0.25, -0.2) is 8.42 Å². The normalized spacial score (nSPS) is 20.4. The van der Waals surface area contributed by atoms with Gasteiger partial charge in [0.25, 0.3) is 0 Å². The average Bonchev–Trinajstić information content (AvgIpc) is 2.29. The summed E-state index contributed by atoms with van der Waals surface area (Å²) in [4.78, 5) is 0. The second-order valence-corrected chi connectivity index (χ2v) is 7.64. The number of sulfone groups is 1. The minimum Gasteiger partial charge on any atom is -0.314 e. The van der Waals surface area contributed by atoms with E-state index in [0.717, 1.165) is 19.4 Å². The Morgan fingerprint density at radius 1 is 1.24 bits per heavy atom. The third-order valence-corrected chi connectivity index (χ3v) is 4.65. The summed E-state index contributed by atoms with van der Waals surface area (Å²) in [6.45, 7) is 3.16. The van der Waals surface area contributed by atoms with Crippen LogP contribution in [0.15, 0.2) is 0 Å². The van der Waals surface area contributed by atoms with E-state index in [9.17, 15) is 8.42 Å². The predicted molar refractivity (Wildman–Crippen MR) is 73.0 cm³/mol. The van der Waals surface area contributed by atoms with E-state index in [1.165, 1.54) is 38.4 Å². The molecule has 102 valence electrons. The van der Waals surface area contributed by atoms with Crippen LogP contribution in [0, 0.1) is 5.92 Å². The lowest BCUT2D eigenvalue weighted by atomic mass is 9.83. The van der Waals surface area contributed by atoms with Gasteiger partial charge in [-0.15, -0.1) is 0 Å². The lowest BCUT2D eigenvalue weighted by molar-refractivity contribution is 0.264. The zero-order valence-electron chi connectivity index (χ0n) is 11.2. The Morgan fingerprint density at radius 2 is 1.88 bits per heavy atom. The predicted octanol–water partition coefficient (Wildman–Crippen LogP) is 2.37. The topological polar surface area (TPSA) is 46.2 Å². The van der Waals surface area contributed by atoms with Crippen LogP contribution in [-0.4, -0.2) is 33.0 Å². The zero-order valence-corrected chi connectivity index (χ0v) is 12.1. The van der Waals surface area contributed by atoms with Crippen molar-refractivity contribution in [2.75, 3.05) is 18.6 Å². The van der Waals surface area contributed by atoms with Crippen molar-refractivity contribution in [3.05, 3.63) is 0 Å². The highest BCUT2D eigenvalue weighted by Crippen LogP contribution is 2.28. The van der Waals surface area contributed by atoms with E-state index >= 15 is 0 Å². The second kappa shape index (κ2) is 7.37. The van der Waals surface area contributed by atoms with Crippen LogP contribution in [0.2, 0.25) is 0 Å². The van der Waals surface area contributed by atoms with Crippen molar-refractivity contribution < 1.29 is 8.42 Å². The van der Waals surface area contributed by atoms with Crippen molar-refractivity contribution in [2.45, 2.75) is 57.9 Å². The van der Waals surface area contributed by atoms with Gasteiger partial charge in [-0.05, 0) is 38.1 Å². The molecule has 1 fully saturated rings. The van der Waals surface area contributed by atoms with Gasteiger partial charge in [0.15, 0.2) is 0 Å². The molecular weight excluding hydrogens is 234 g/mol. The molecule has 0 aromatic rings. The smallest absolute Gasteiger partial charge is 0.147 e. The lowest BCUT2D eigenvalue weighted by Gasteiger charge is -2.31. The van der Waals surface area contributed by atoms with Crippen LogP contribution in [0.3, 0.4) is 0 Å². The van der Waals surface area contributed by atoms with E-state index in [1.54, 1.807) is 0 Å². The molecule has 0 spiro atoms. The standard InChI is InChI=1S/C13H27NO2S/c1-3-10-14-13(9-11-17(2,15)16)12-7-5-4-6-8-12/h12-14H,3-11H2,1-2H3. The number of nitrogens with one attached hydrogen (secondary N) is 1. The van der Waals surface area contributed by atoms with Crippen molar-refractivity contribution in [1.29, 1.82) is 0 Å². The molecular formula is C13H27NO2S. The molecule has 1 N–H and O–H groups in total. The molecule has 1 aliphatic carbocycles. The van der Waals surface area contributed by atoms with Crippen molar-refractivity contribution in [2.24, 2.45) is 5.92 Å². The first-order chi connectivity index (χ1) is 8.03. The maximum Gasteiger partial charge on any atom is 0.147 e. The zero-order chi connectivity index (χ0) is 12.7. The van der Waals surface area contributed by atoms with Gasteiger partial charge < -0.3 is 5.32 Å². The van der Waals surface area contributed by atoms with E-state index in [2.05, 4.69) is 12.2 Å². The molecule has 0 amide bonds. The van der Waals surface area contributed by atoms with Crippen LogP contribution in [-0.2, 0) is 9.84 Å². The van der Waals surface area contributed by atoms with Crippen molar-refractivity contribution in [3.63, 3.8) is 0 Å². The quantitative estimate of drug-likeness (QED) is 0.765. The van der Waals surface area contributed by atoms with E-state index in [0.29, 0.717) is 17.7 Å². The van der Waals surface area contributed by atoms with E-state index in [1.807, 2.05) is 0 Å². The molecule has 0 radical (unpaired) electrons. The van der Waals surface area contributed by atoms with Crippen molar-refractivity contribution in [3.8, 4) is 0 Å². The van der Waals surface area contributed by atoms with Crippen LogP contribution in [0.5, 0.6) is 0 Å². The van der Waals surface area contributed by atoms with Crippen LogP contribution < -0.4 is 5.32 Å². The van der Waals surface area contributed by atoms with Crippen LogP contribution in [0.25, 0.3) is 0 Å². The van der Waals surface area contributed by atoms with Crippen LogP contribution in [0.4, 0.5) is 0 Å². The highest BCUT2D eigenvalue weighted by Gasteiger charge is 2.23. The van der Waals surface area contributed by atoms with Gasteiger partial charge in [0.05, 0.1) is 5.75 Å². The van der Waals surface area contributed by atoms with Gasteiger partial charge in [-0.2, -0.15) is 0 Å². The Kier molecular flexibility index (Phi) is 6.49. The molecule has 1 rings (SSSR count). The highest BCUT2D eigenvalue weighted by molar-refractivity contribution is 7.90. The van der Waals surface area contributed by atoms with Gasteiger partial charge >= 0.3 is 0 Å². The molecule has 0 aromatic carbocycles. The fourth-order valence-electron chi connectivity index (χ4n) is 2.71. The highest BCUT2D eigenvalue weighted by atomic mass is 32.2. The Balaban J connectivity index is 2.46. The SMILES string of the molecule is CCCNC(CCS(C)(=O)=O)C1CCCCC1. The number of rotatable bonds is 7. The molecule has 17 heavy (non-hydrogen) atoms. The van der Waals surface area contributed by atoms with E-state index in [-0.39, 0.29) is 0 Å². The maximum absolute atomic E-state index is 11.3. The van der Waals surface area contributed by atoms with Gasteiger partial charge in [0.1, 0.15) is 9.84 Å². The van der Waals surface area contributed by atoms with E-state index < -0.39 is 9.84 Å². The molecule has 0 aliphatic heterocycles. The fourth-order valence-corrected chi connectivity index (χ4v) is 3.39. The third kappa shape index (κ3) is 6.41. The van der Waals surface area contributed by atoms with E-state index in [4.69, 9.17) is 0 Å². The second-order valence-electron chi connectivity index (χ2n) is 5.38. The van der Waals surface area contributed by atoms with Gasteiger partial charge in [0, 0.05) is 12.3 Å². The maximum atomic E-state index is 11.3. The summed E-state index contributed by atoms with van der Waals surface area (Å²) in [7, 11) is -2.82. The molecule has 3 nitrogen and oxygen atoms in total. The Hall–Kier alpha value is -0.0900. The summed E-state index contributed by atoms with van der Waals surface area (Å²) in [6, 6.07) is 0.407. The monoisotopic (exact) mass is 261 g/mol. The largest absolute Gasteiger partial charge is 0.314 e. The minimum atomic E-state index is -2.82. The van der Waals surface area contributed by atoms with Gasteiger partial charge in [0.2, 0.25) is 0 Å². The fraction of sp³-hybridized carbons (Fsp3) is 1.00. The molecule has 0 saturated heterocycles. The lowest BCUT2D eigenvalue weighted by Crippen LogP contribution is -2.39. The Morgan fingerprint density at radius 3 is 2.41 bits per heavy atom. The molecule has 4 heteroatoms. The Labute approximate surface area is 106 Å². The molecule has 0 aromatic heterocycles. The Bertz CT molecular complexity index is 295. The molecule has 0 bridgehead atoms. The molecule has 1 unspecified atom stereocenters. The first kappa shape index (κ1) is 15.0. The van der Waals surface area contributed by atoms with Crippen molar-refractivity contribution in [1.82, 2.24) is 5.32 Å². The molecule has 1 aliphatic rings. The summed E-state index contributed by atoms with van der Waals surface area (Å²) in [5, 5.41) is 3.55. The van der Waals surface area contributed by atoms with Crippen LogP contribution >= 0.6 is 0 Å². The third-order valence-electron chi connectivity index (χ3n) is 3.68. The van der Waals surface area contributed by atoms with Gasteiger partial charge in [-0.3, -0.25) is 0 Å². The summed E-state index contributed by atoms with van der Waals surface area (Å²) in [6.07, 6.45) is 9.75. The van der Waals surface area contributed by atoms with Crippen molar-refractivity contribution >= 4 is 9.84 Å². The number of hydrogen-bond acceptors (Lipinski definition) is 3. The molecule has 1 atom stereocenters. The summed E-state index contributed by atoms with van der Waals surface area (Å²) < 4.78 is 22.5. The first-order valence-corrected chi connectivity index (χ1v) is 9.00. The molecule has 1 saturated carbocycles. The van der Waals surface area contributed by atoms with Gasteiger partial charge in [-0.1, -0.05) is 26.2 Å². The summed E-state index contributed by atoms with van der Waals surface area (Å²) in [5.74, 6) is 1.02. The molecule has 0 heterocycles. The van der Waals surface area contributed by atoms with Crippen LogP contribution in [0.1, 0.15) is 51.9 Å². The first-order valence-electron chi connectivity index (χ1n) is 6.94. The average molecular weight is 261 g/mol.